The standard InChI is InChI=1S/C18H16F5NO2/c19-14-5-1-3-12(7-14)8-16(13-4-2-6-15(20)9-13)24-17(25)10-26-11-18(21,22)23/h1-7,9,16H,8,10-11H2,(H,24,25). The molecule has 0 aromatic heterocycles. The summed E-state index contributed by atoms with van der Waals surface area (Å²) in [6.07, 6.45) is -4.41. The topological polar surface area (TPSA) is 38.3 Å². The van der Waals surface area contributed by atoms with Crippen LogP contribution < -0.4 is 5.32 Å². The van der Waals surface area contributed by atoms with E-state index in [1.165, 1.54) is 36.4 Å². The van der Waals surface area contributed by atoms with Gasteiger partial charge in [-0.05, 0) is 41.8 Å². The number of amides is 1. The average Bonchev–Trinajstić information content (AvgIpc) is 2.53. The van der Waals surface area contributed by atoms with Gasteiger partial charge in [0.1, 0.15) is 24.8 Å². The number of carbonyl (C=O) groups is 1. The maximum absolute atomic E-state index is 13.5. The van der Waals surface area contributed by atoms with E-state index in [0.29, 0.717) is 11.1 Å². The molecular formula is C18H16F5NO2. The predicted octanol–water partition coefficient (Wildman–Crippen LogP) is 3.94. The minimum absolute atomic E-state index is 0.131. The zero-order chi connectivity index (χ0) is 19.2. The molecule has 0 heterocycles. The number of hydrogen-bond donors (Lipinski definition) is 1. The van der Waals surface area contributed by atoms with Gasteiger partial charge >= 0.3 is 6.18 Å². The van der Waals surface area contributed by atoms with Crippen molar-refractivity contribution in [2.24, 2.45) is 0 Å². The van der Waals surface area contributed by atoms with Crippen LogP contribution >= 0.6 is 0 Å². The molecule has 0 radical (unpaired) electrons. The van der Waals surface area contributed by atoms with E-state index >= 15 is 0 Å². The van der Waals surface area contributed by atoms with Gasteiger partial charge in [0.15, 0.2) is 0 Å². The van der Waals surface area contributed by atoms with Crippen molar-refractivity contribution < 1.29 is 31.5 Å². The second kappa shape index (κ2) is 8.75. The normalized spacial score (nSPS) is 12.7. The highest BCUT2D eigenvalue weighted by Gasteiger charge is 2.28. The first-order valence-corrected chi connectivity index (χ1v) is 7.67. The number of benzene rings is 2. The number of alkyl halides is 3. The summed E-state index contributed by atoms with van der Waals surface area (Å²) in [4.78, 5) is 11.9. The minimum Gasteiger partial charge on any atom is -0.362 e. The number of rotatable bonds is 7. The van der Waals surface area contributed by atoms with E-state index < -0.39 is 43.0 Å². The molecule has 1 N–H and O–H groups in total. The van der Waals surface area contributed by atoms with E-state index in [2.05, 4.69) is 10.1 Å². The fourth-order valence-electron chi connectivity index (χ4n) is 2.37. The molecule has 0 spiro atoms. The molecule has 3 nitrogen and oxygen atoms in total. The Morgan fingerprint density at radius 1 is 1.04 bits per heavy atom. The van der Waals surface area contributed by atoms with Gasteiger partial charge in [0.05, 0.1) is 6.04 Å². The molecule has 0 fully saturated rings. The lowest BCUT2D eigenvalue weighted by molar-refractivity contribution is -0.175. The molecule has 0 aliphatic rings. The summed E-state index contributed by atoms with van der Waals surface area (Å²) >= 11 is 0. The molecule has 1 atom stereocenters. The van der Waals surface area contributed by atoms with Crippen molar-refractivity contribution in [2.75, 3.05) is 13.2 Å². The van der Waals surface area contributed by atoms with Crippen molar-refractivity contribution in [2.45, 2.75) is 18.6 Å². The summed E-state index contributed by atoms with van der Waals surface area (Å²) in [6, 6.07) is 10.3. The third-order valence-electron chi connectivity index (χ3n) is 3.41. The van der Waals surface area contributed by atoms with Gasteiger partial charge in [-0.15, -0.1) is 0 Å². The average molecular weight is 373 g/mol. The van der Waals surface area contributed by atoms with Gasteiger partial charge in [-0.2, -0.15) is 13.2 Å². The highest BCUT2D eigenvalue weighted by Crippen LogP contribution is 2.20. The highest BCUT2D eigenvalue weighted by atomic mass is 19.4. The first-order valence-electron chi connectivity index (χ1n) is 7.67. The summed E-state index contributed by atoms with van der Waals surface area (Å²) < 4.78 is 67.4. The Hall–Kier alpha value is -2.48. The highest BCUT2D eigenvalue weighted by molar-refractivity contribution is 5.77. The van der Waals surface area contributed by atoms with E-state index in [-0.39, 0.29) is 6.42 Å². The first kappa shape index (κ1) is 19.8. The molecule has 140 valence electrons. The molecule has 0 bridgehead atoms. The molecule has 1 amide bonds. The lowest BCUT2D eigenvalue weighted by atomic mass is 9.98. The maximum Gasteiger partial charge on any atom is 0.411 e. The Morgan fingerprint density at radius 3 is 2.31 bits per heavy atom. The van der Waals surface area contributed by atoms with Gasteiger partial charge in [-0.1, -0.05) is 24.3 Å². The SMILES string of the molecule is O=C(COCC(F)(F)F)NC(Cc1cccc(F)c1)c1cccc(F)c1. The van der Waals surface area contributed by atoms with E-state index in [9.17, 15) is 26.7 Å². The molecule has 8 heteroatoms. The van der Waals surface area contributed by atoms with Crippen LogP contribution in [0.3, 0.4) is 0 Å². The molecule has 1 unspecified atom stereocenters. The largest absolute Gasteiger partial charge is 0.411 e. The molecule has 2 aromatic carbocycles. The van der Waals surface area contributed by atoms with Crippen LogP contribution in [-0.2, 0) is 16.0 Å². The van der Waals surface area contributed by atoms with Crippen LogP contribution in [0.4, 0.5) is 22.0 Å². The van der Waals surface area contributed by atoms with E-state index in [1.54, 1.807) is 12.1 Å². The number of halogens is 5. The van der Waals surface area contributed by atoms with Crippen LogP contribution in [-0.4, -0.2) is 25.3 Å². The summed E-state index contributed by atoms with van der Waals surface area (Å²) in [5.74, 6) is -1.80. The summed E-state index contributed by atoms with van der Waals surface area (Å²) in [7, 11) is 0. The summed E-state index contributed by atoms with van der Waals surface area (Å²) in [5, 5.41) is 2.49. The lowest BCUT2D eigenvalue weighted by Crippen LogP contribution is -2.34. The van der Waals surface area contributed by atoms with Crippen molar-refractivity contribution in [3.05, 3.63) is 71.3 Å². The molecule has 0 aliphatic carbocycles. The number of ether oxygens (including phenoxy) is 1. The predicted molar refractivity (Wildman–Crippen MR) is 84.3 cm³/mol. The summed E-state index contributed by atoms with van der Waals surface area (Å²) in [6.45, 7) is -2.34. The van der Waals surface area contributed by atoms with Crippen LogP contribution in [0.1, 0.15) is 17.2 Å². The zero-order valence-electron chi connectivity index (χ0n) is 13.5. The Bertz CT molecular complexity index is 748. The van der Waals surface area contributed by atoms with Gasteiger partial charge in [0.25, 0.3) is 0 Å². The second-order valence-electron chi connectivity index (χ2n) is 5.62. The fraction of sp³-hybridized carbons (Fsp3) is 0.278. The third kappa shape index (κ3) is 6.79. The van der Waals surface area contributed by atoms with Gasteiger partial charge in [0.2, 0.25) is 5.91 Å². The zero-order valence-corrected chi connectivity index (χ0v) is 13.5. The Kier molecular flexibility index (Phi) is 6.68. The van der Waals surface area contributed by atoms with Crippen molar-refractivity contribution in [3.8, 4) is 0 Å². The molecular weight excluding hydrogens is 357 g/mol. The van der Waals surface area contributed by atoms with Crippen molar-refractivity contribution in [1.82, 2.24) is 5.32 Å². The Morgan fingerprint density at radius 2 is 1.69 bits per heavy atom. The number of carbonyl (C=O) groups excluding carboxylic acids is 1. The van der Waals surface area contributed by atoms with Crippen LogP contribution in [0.2, 0.25) is 0 Å². The third-order valence-corrected chi connectivity index (χ3v) is 3.41. The minimum atomic E-state index is -4.54. The Balaban J connectivity index is 2.09. The lowest BCUT2D eigenvalue weighted by Gasteiger charge is -2.20. The van der Waals surface area contributed by atoms with Gasteiger partial charge in [-0.3, -0.25) is 4.79 Å². The monoisotopic (exact) mass is 373 g/mol. The van der Waals surface area contributed by atoms with E-state index in [4.69, 9.17) is 0 Å². The van der Waals surface area contributed by atoms with Gasteiger partial charge in [-0.25, -0.2) is 8.78 Å². The maximum atomic E-state index is 13.5. The van der Waals surface area contributed by atoms with E-state index in [1.807, 2.05) is 0 Å². The molecule has 26 heavy (non-hydrogen) atoms. The first-order chi connectivity index (χ1) is 12.2. The molecule has 0 aliphatic heterocycles. The molecule has 2 rings (SSSR count). The van der Waals surface area contributed by atoms with Crippen molar-refractivity contribution in [3.63, 3.8) is 0 Å². The Labute approximate surface area is 146 Å². The fourth-order valence-corrected chi connectivity index (χ4v) is 2.37. The second-order valence-corrected chi connectivity index (χ2v) is 5.62. The quantitative estimate of drug-likeness (QED) is 0.747. The van der Waals surface area contributed by atoms with Crippen molar-refractivity contribution in [1.29, 1.82) is 0 Å². The van der Waals surface area contributed by atoms with Gasteiger partial charge < -0.3 is 10.1 Å². The van der Waals surface area contributed by atoms with Crippen LogP contribution in [0.15, 0.2) is 48.5 Å². The van der Waals surface area contributed by atoms with Crippen LogP contribution in [0.5, 0.6) is 0 Å². The van der Waals surface area contributed by atoms with Gasteiger partial charge in [0, 0.05) is 0 Å². The van der Waals surface area contributed by atoms with Crippen LogP contribution in [0, 0.1) is 11.6 Å². The molecule has 0 saturated carbocycles. The van der Waals surface area contributed by atoms with Crippen molar-refractivity contribution >= 4 is 5.91 Å². The molecule has 2 aromatic rings. The van der Waals surface area contributed by atoms with E-state index in [0.717, 1.165) is 0 Å². The summed E-state index contributed by atoms with van der Waals surface area (Å²) in [5.41, 5.74) is 0.939. The smallest absolute Gasteiger partial charge is 0.362 e. The number of nitrogens with one attached hydrogen (secondary N) is 1. The van der Waals surface area contributed by atoms with Crippen LogP contribution in [0.25, 0.3) is 0 Å². The number of hydrogen-bond acceptors (Lipinski definition) is 2. The molecule has 0 saturated heterocycles.